The van der Waals surface area contributed by atoms with Gasteiger partial charge in [-0.1, -0.05) is 188 Å². The van der Waals surface area contributed by atoms with Gasteiger partial charge in [-0.3, -0.25) is 4.57 Å². The summed E-state index contributed by atoms with van der Waals surface area (Å²) in [7, 11) is 0. The minimum Gasteiger partial charge on any atom is -0.292 e. The van der Waals surface area contributed by atoms with E-state index in [1.54, 1.807) is 0 Å². The van der Waals surface area contributed by atoms with Gasteiger partial charge in [0, 0.05) is 11.3 Å². The Balaban J connectivity index is 1.01. The highest BCUT2D eigenvalue weighted by Crippen LogP contribution is 2.48. The van der Waals surface area contributed by atoms with Crippen molar-refractivity contribution in [2.75, 3.05) is 0 Å². The molecule has 0 fully saturated rings. The topological polar surface area (TPSA) is 17.8 Å². The summed E-state index contributed by atoms with van der Waals surface area (Å²) in [6.45, 7) is 0. The quantitative estimate of drug-likeness (QED) is 0.128. The summed E-state index contributed by atoms with van der Waals surface area (Å²) in [5.41, 5.74) is 9.17. The molecule has 0 radical (unpaired) electrons. The molecular formula is C61H36N2. The summed E-state index contributed by atoms with van der Waals surface area (Å²) in [4.78, 5) is 5.38. The van der Waals surface area contributed by atoms with Crippen molar-refractivity contribution in [1.82, 2.24) is 9.55 Å². The second kappa shape index (κ2) is 13.1. The molecule has 0 N–H and O–H groups in total. The molecule has 1 aromatic heterocycles. The predicted molar refractivity (Wildman–Crippen MR) is 269 cm³/mol. The third-order valence-electron chi connectivity index (χ3n) is 13.7. The molecule has 63 heavy (non-hydrogen) atoms. The molecule has 0 aliphatic rings. The van der Waals surface area contributed by atoms with Gasteiger partial charge in [-0.15, -0.1) is 0 Å². The largest absolute Gasteiger partial charge is 0.292 e. The minimum absolute atomic E-state index is 0.943. The van der Waals surface area contributed by atoms with Crippen molar-refractivity contribution in [2.24, 2.45) is 0 Å². The number of hydrogen-bond acceptors (Lipinski definition) is 1. The lowest BCUT2D eigenvalue weighted by atomic mass is 9.85. The highest BCUT2D eigenvalue weighted by molar-refractivity contribution is 6.38. The SMILES string of the molecule is c1ccc(-n2c(-c3c4ccccc4c(-c4ccc(-c5cc6cccc7c8cccc9ccc%10cccc(c%11cccc5c%11c67)c%10c98)cc4)c4ccccc34)nc3ccccc32)cc1. The maximum absolute atomic E-state index is 5.38. The van der Waals surface area contributed by atoms with Crippen LogP contribution in [0.15, 0.2) is 218 Å². The second-order valence-electron chi connectivity index (χ2n) is 16.9. The van der Waals surface area contributed by atoms with Crippen LogP contribution in [0.25, 0.3) is 137 Å². The Labute approximate surface area is 362 Å². The highest BCUT2D eigenvalue weighted by Gasteiger charge is 2.23. The lowest BCUT2D eigenvalue weighted by Crippen LogP contribution is -1.99. The molecule has 0 unspecified atom stereocenters. The molecule has 2 nitrogen and oxygen atoms in total. The van der Waals surface area contributed by atoms with Crippen LogP contribution in [0.4, 0.5) is 0 Å². The highest BCUT2D eigenvalue weighted by atomic mass is 15.1. The lowest BCUT2D eigenvalue weighted by Gasteiger charge is -2.19. The number of fused-ring (bicyclic) bond motifs is 5. The Bertz CT molecular complexity index is 4120. The van der Waals surface area contributed by atoms with E-state index < -0.39 is 0 Å². The monoisotopic (exact) mass is 796 g/mol. The van der Waals surface area contributed by atoms with Gasteiger partial charge in [0.15, 0.2) is 0 Å². The minimum atomic E-state index is 0.943. The van der Waals surface area contributed by atoms with Crippen molar-refractivity contribution >= 4 is 97.2 Å². The Morgan fingerprint density at radius 1 is 0.302 bits per heavy atom. The Kier molecular flexibility index (Phi) is 7.14. The van der Waals surface area contributed by atoms with E-state index in [0.717, 1.165) is 28.1 Å². The average Bonchev–Trinajstić information content (AvgIpc) is 3.73. The van der Waals surface area contributed by atoms with E-state index in [2.05, 4.69) is 223 Å². The van der Waals surface area contributed by atoms with E-state index in [1.165, 1.54) is 108 Å². The van der Waals surface area contributed by atoms with Gasteiger partial charge in [0.2, 0.25) is 0 Å². The summed E-state index contributed by atoms with van der Waals surface area (Å²) >= 11 is 0. The fraction of sp³-hybridized carbons (Fsp3) is 0. The number of imidazole rings is 1. The van der Waals surface area contributed by atoms with Gasteiger partial charge in [0.1, 0.15) is 5.82 Å². The van der Waals surface area contributed by atoms with Crippen LogP contribution >= 0.6 is 0 Å². The molecule has 1 heterocycles. The first-order valence-electron chi connectivity index (χ1n) is 21.8. The lowest BCUT2D eigenvalue weighted by molar-refractivity contribution is 1.11. The zero-order chi connectivity index (χ0) is 41.2. The molecule has 0 saturated carbocycles. The third-order valence-corrected chi connectivity index (χ3v) is 13.7. The number of para-hydroxylation sites is 3. The Morgan fingerprint density at radius 3 is 1.40 bits per heavy atom. The van der Waals surface area contributed by atoms with Crippen molar-refractivity contribution < 1.29 is 0 Å². The fourth-order valence-electron chi connectivity index (χ4n) is 11.1. The van der Waals surface area contributed by atoms with Gasteiger partial charge in [-0.2, -0.15) is 0 Å². The van der Waals surface area contributed by atoms with Crippen molar-refractivity contribution in [2.45, 2.75) is 0 Å². The Hall–Kier alpha value is -8.33. The summed E-state index contributed by atoms with van der Waals surface area (Å²) < 4.78 is 2.32. The molecule has 0 aliphatic carbocycles. The number of nitrogens with zero attached hydrogens (tertiary/aromatic N) is 2. The maximum atomic E-state index is 5.38. The van der Waals surface area contributed by atoms with Crippen LogP contribution in [0.5, 0.6) is 0 Å². The molecule has 0 atom stereocenters. The van der Waals surface area contributed by atoms with E-state index in [0.29, 0.717) is 0 Å². The first kappa shape index (κ1) is 34.4. The van der Waals surface area contributed by atoms with Crippen LogP contribution in [-0.4, -0.2) is 9.55 Å². The second-order valence-corrected chi connectivity index (χ2v) is 16.9. The van der Waals surface area contributed by atoms with Crippen LogP contribution < -0.4 is 0 Å². The molecule has 2 heteroatoms. The molecule has 0 aliphatic heterocycles. The van der Waals surface area contributed by atoms with Crippen LogP contribution in [0.3, 0.4) is 0 Å². The zero-order valence-electron chi connectivity index (χ0n) is 34.2. The van der Waals surface area contributed by atoms with Crippen molar-refractivity contribution in [3.05, 3.63) is 218 Å². The van der Waals surface area contributed by atoms with Gasteiger partial charge in [-0.25, -0.2) is 4.98 Å². The van der Waals surface area contributed by atoms with Crippen LogP contribution in [-0.2, 0) is 0 Å². The summed E-state index contributed by atoms with van der Waals surface area (Å²) in [6.07, 6.45) is 0. The standard InChI is InChI=1S/C61H36N2/c1-2-17-42(18-3-1)63-54-29-9-8-28-53(54)62-61(63)60-49-21-6-4-19-43(49)55(44-20-5-7-22-50(44)60)40-32-30-37(31-33-40)52-36-41-16-12-25-46-45-23-10-14-38-34-35-39-15-11-24-47(57(39)56(38)45)48-26-13-27-51(52)59(48)58(41)46/h1-36H. The molecular weight excluding hydrogens is 761 g/mol. The summed E-state index contributed by atoms with van der Waals surface area (Å²) in [6, 6.07) is 80.5. The van der Waals surface area contributed by atoms with Gasteiger partial charge >= 0.3 is 0 Å². The van der Waals surface area contributed by atoms with E-state index in [1.807, 2.05) is 0 Å². The molecule has 290 valence electrons. The zero-order valence-corrected chi connectivity index (χ0v) is 34.2. The van der Waals surface area contributed by atoms with Crippen LogP contribution in [0.2, 0.25) is 0 Å². The van der Waals surface area contributed by atoms with Gasteiger partial charge < -0.3 is 0 Å². The molecule has 14 rings (SSSR count). The first-order valence-corrected chi connectivity index (χ1v) is 21.8. The van der Waals surface area contributed by atoms with E-state index in [-0.39, 0.29) is 0 Å². The van der Waals surface area contributed by atoms with Crippen molar-refractivity contribution in [1.29, 1.82) is 0 Å². The number of benzene rings is 12. The molecule has 14 aromatic rings. The first-order chi connectivity index (χ1) is 31.3. The van der Waals surface area contributed by atoms with Gasteiger partial charge in [0.25, 0.3) is 0 Å². The van der Waals surface area contributed by atoms with E-state index in [9.17, 15) is 0 Å². The number of rotatable bonds is 4. The van der Waals surface area contributed by atoms with E-state index in [4.69, 9.17) is 4.98 Å². The third kappa shape index (κ3) is 4.86. The molecule has 0 spiro atoms. The van der Waals surface area contributed by atoms with Gasteiger partial charge in [-0.05, 0) is 139 Å². The van der Waals surface area contributed by atoms with Crippen LogP contribution in [0, 0.1) is 0 Å². The van der Waals surface area contributed by atoms with Crippen molar-refractivity contribution in [3.63, 3.8) is 0 Å². The smallest absolute Gasteiger partial charge is 0.146 e. The molecule has 13 aromatic carbocycles. The predicted octanol–water partition coefficient (Wildman–Crippen LogP) is 16.7. The normalized spacial score (nSPS) is 12.1. The number of hydrogen-bond donors (Lipinski definition) is 0. The summed E-state index contributed by atoms with van der Waals surface area (Å²) in [5.74, 6) is 0.943. The van der Waals surface area contributed by atoms with Crippen molar-refractivity contribution in [3.8, 4) is 39.3 Å². The number of aromatic nitrogens is 2. The van der Waals surface area contributed by atoms with Crippen LogP contribution in [0.1, 0.15) is 0 Å². The Morgan fingerprint density at radius 2 is 0.762 bits per heavy atom. The molecule has 0 bridgehead atoms. The molecule has 0 amide bonds. The van der Waals surface area contributed by atoms with Gasteiger partial charge in [0.05, 0.1) is 11.0 Å². The summed E-state index contributed by atoms with van der Waals surface area (Å²) in [5, 5.41) is 20.3. The molecule has 0 saturated heterocycles. The average molecular weight is 797 g/mol. The fourth-order valence-corrected chi connectivity index (χ4v) is 11.1. The maximum Gasteiger partial charge on any atom is 0.146 e. The van der Waals surface area contributed by atoms with E-state index >= 15 is 0 Å².